The lowest BCUT2D eigenvalue weighted by molar-refractivity contribution is 0.0600. The summed E-state index contributed by atoms with van der Waals surface area (Å²) in [5, 5.41) is 3.31. The van der Waals surface area contributed by atoms with Crippen LogP contribution in [-0.4, -0.2) is 33.3 Å². The monoisotopic (exact) mass is 235 g/mol. The average Bonchev–Trinajstić information content (AvgIpc) is 2.90. The van der Waals surface area contributed by atoms with Crippen LogP contribution in [0.25, 0.3) is 0 Å². The molecule has 0 bridgehead atoms. The maximum absolute atomic E-state index is 11.5. The second-order valence-electron chi connectivity index (χ2n) is 4.14. The first kappa shape index (κ1) is 11.9. The molecular weight excluding hydrogens is 218 g/mol. The predicted molar refractivity (Wildman–Crippen MR) is 64.6 cm³/mol. The first-order valence-corrected chi connectivity index (χ1v) is 5.73. The van der Waals surface area contributed by atoms with Crippen LogP contribution in [0.2, 0.25) is 0 Å². The molecule has 4 heteroatoms. The summed E-state index contributed by atoms with van der Waals surface area (Å²) in [6, 6.07) is 5.44. The Morgan fingerprint density at radius 1 is 1.41 bits per heavy atom. The second kappa shape index (κ2) is 5.19. The van der Waals surface area contributed by atoms with Crippen molar-refractivity contribution in [2.75, 3.05) is 27.3 Å². The molecule has 0 saturated carbocycles. The van der Waals surface area contributed by atoms with Gasteiger partial charge in [0.05, 0.1) is 19.8 Å². The fourth-order valence-electron chi connectivity index (χ4n) is 2.22. The van der Waals surface area contributed by atoms with Crippen molar-refractivity contribution in [3.8, 4) is 5.75 Å². The Labute approximate surface area is 101 Å². The van der Waals surface area contributed by atoms with E-state index in [0.717, 1.165) is 30.8 Å². The molecule has 0 aliphatic carbocycles. The average molecular weight is 235 g/mol. The molecule has 0 radical (unpaired) electrons. The lowest BCUT2D eigenvalue weighted by atomic mass is 9.95. The van der Waals surface area contributed by atoms with Gasteiger partial charge in [-0.3, -0.25) is 0 Å². The molecule has 2 rings (SSSR count). The van der Waals surface area contributed by atoms with Gasteiger partial charge in [-0.25, -0.2) is 4.79 Å². The molecule has 1 N–H and O–H groups in total. The van der Waals surface area contributed by atoms with Crippen LogP contribution >= 0.6 is 0 Å². The normalized spacial score (nSPS) is 19.1. The quantitative estimate of drug-likeness (QED) is 0.808. The summed E-state index contributed by atoms with van der Waals surface area (Å²) in [5.74, 6) is 0.945. The van der Waals surface area contributed by atoms with Crippen LogP contribution in [0, 0.1) is 0 Å². The van der Waals surface area contributed by atoms with Crippen molar-refractivity contribution >= 4 is 5.97 Å². The Kier molecular flexibility index (Phi) is 3.64. The number of rotatable bonds is 3. The standard InChI is InChI=1S/C13H17NO3/c1-16-12-4-3-9(13(15)17-2)7-11(12)10-5-6-14-8-10/h3-4,7,10,14H,5-6,8H2,1-2H3. The molecule has 1 fully saturated rings. The maximum atomic E-state index is 11.5. The lowest BCUT2D eigenvalue weighted by Crippen LogP contribution is -2.10. The van der Waals surface area contributed by atoms with E-state index < -0.39 is 0 Å². The smallest absolute Gasteiger partial charge is 0.337 e. The number of hydrogen-bond acceptors (Lipinski definition) is 4. The van der Waals surface area contributed by atoms with Crippen LogP contribution in [0.4, 0.5) is 0 Å². The van der Waals surface area contributed by atoms with Gasteiger partial charge in [-0.05, 0) is 36.7 Å². The number of benzene rings is 1. The number of hydrogen-bond donors (Lipinski definition) is 1. The van der Waals surface area contributed by atoms with Crippen molar-refractivity contribution in [2.45, 2.75) is 12.3 Å². The van der Waals surface area contributed by atoms with Crippen molar-refractivity contribution in [2.24, 2.45) is 0 Å². The Morgan fingerprint density at radius 3 is 2.82 bits per heavy atom. The molecule has 1 heterocycles. The second-order valence-corrected chi connectivity index (χ2v) is 4.14. The van der Waals surface area contributed by atoms with Gasteiger partial charge in [-0.15, -0.1) is 0 Å². The van der Waals surface area contributed by atoms with Crippen LogP contribution in [0.1, 0.15) is 28.3 Å². The van der Waals surface area contributed by atoms with Crippen LogP contribution in [0.5, 0.6) is 5.75 Å². The fraction of sp³-hybridized carbons (Fsp3) is 0.462. The molecular formula is C13H17NO3. The predicted octanol–water partition coefficient (Wildman–Crippen LogP) is 1.56. The van der Waals surface area contributed by atoms with E-state index in [1.54, 1.807) is 13.2 Å². The molecule has 1 saturated heterocycles. The lowest BCUT2D eigenvalue weighted by Gasteiger charge is -2.14. The Balaban J connectivity index is 2.35. The first-order chi connectivity index (χ1) is 8.26. The Bertz CT molecular complexity index is 411. The first-order valence-electron chi connectivity index (χ1n) is 5.73. The summed E-state index contributed by atoms with van der Waals surface area (Å²) in [6.07, 6.45) is 1.07. The minimum Gasteiger partial charge on any atom is -0.496 e. The van der Waals surface area contributed by atoms with E-state index in [1.807, 2.05) is 12.1 Å². The molecule has 1 unspecified atom stereocenters. The minimum absolute atomic E-state index is 0.306. The third-order valence-corrected chi connectivity index (χ3v) is 3.15. The summed E-state index contributed by atoms with van der Waals surface area (Å²) in [5.41, 5.74) is 1.66. The highest BCUT2D eigenvalue weighted by Gasteiger charge is 2.21. The fourth-order valence-corrected chi connectivity index (χ4v) is 2.22. The van der Waals surface area contributed by atoms with E-state index in [9.17, 15) is 4.79 Å². The summed E-state index contributed by atoms with van der Waals surface area (Å²) in [4.78, 5) is 11.5. The zero-order valence-electron chi connectivity index (χ0n) is 10.2. The van der Waals surface area contributed by atoms with Gasteiger partial charge < -0.3 is 14.8 Å². The molecule has 0 amide bonds. The topological polar surface area (TPSA) is 47.6 Å². The zero-order chi connectivity index (χ0) is 12.3. The maximum Gasteiger partial charge on any atom is 0.337 e. The van der Waals surface area contributed by atoms with Gasteiger partial charge in [0.2, 0.25) is 0 Å². The SMILES string of the molecule is COC(=O)c1ccc(OC)c(C2CCNC2)c1. The van der Waals surface area contributed by atoms with Crippen LogP contribution in [0.15, 0.2) is 18.2 Å². The Morgan fingerprint density at radius 2 is 2.24 bits per heavy atom. The van der Waals surface area contributed by atoms with Gasteiger partial charge >= 0.3 is 5.97 Å². The molecule has 1 aliphatic rings. The largest absolute Gasteiger partial charge is 0.496 e. The van der Waals surface area contributed by atoms with Gasteiger partial charge in [0.25, 0.3) is 0 Å². The summed E-state index contributed by atoms with van der Waals surface area (Å²) < 4.78 is 10.1. The number of carbonyl (C=O) groups is 1. The summed E-state index contributed by atoms with van der Waals surface area (Å²) >= 11 is 0. The molecule has 1 aliphatic heterocycles. The van der Waals surface area contributed by atoms with Crippen LogP contribution in [0.3, 0.4) is 0 Å². The molecule has 17 heavy (non-hydrogen) atoms. The Hall–Kier alpha value is -1.55. The third kappa shape index (κ3) is 2.42. The van der Waals surface area contributed by atoms with Crippen LogP contribution < -0.4 is 10.1 Å². The highest BCUT2D eigenvalue weighted by Crippen LogP contribution is 2.31. The van der Waals surface area contributed by atoms with Gasteiger partial charge in [-0.2, -0.15) is 0 Å². The molecule has 92 valence electrons. The van der Waals surface area contributed by atoms with Crippen LogP contribution in [-0.2, 0) is 4.74 Å². The molecule has 1 aromatic rings. The van der Waals surface area contributed by atoms with E-state index in [0.29, 0.717) is 11.5 Å². The zero-order valence-corrected chi connectivity index (χ0v) is 10.2. The van der Waals surface area contributed by atoms with E-state index in [-0.39, 0.29) is 5.97 Å². The number of esters is 1. The van der Waals surface area contributed by atoms with E-state index in [4.69, 9.17) is 9.47 Å². The number of methoxy groups -OCH3 is 2. The van der Waals surface area contributed by atoms with Crippen molar-refractivity contribution in [1.82, 2.24) is 5.32 Å². The van der Waals surface area contributed by atoms with E-state index >= 15 is 0 Å². The highest BCUT2D eigenvalue weighted by atomic mass is 16.5. The molecule has 1 atom stereocenters. The van der Waals surface area contributed by atoms with Gasteiger partial charge in [-0.1, -0.05) is 0 Å². The number of carbonyl (C=O) groups excluding carboxylic acids is 1. The summed E-state index contributed by atoms with van der Waals surface area (Å²) in [7, 11) is 3.04. The molecule has 1 aromatic carbocycles. The van der Waals surface area contributed by atoms with Crippen molar-refractivity contribution < 1.29 is 14.3 Å². The minimum atomic E-state index is -0.306. The van der Waals surface area contributed by atoms with Crippen molar-refractivity contribution in [1.29, 1.82) is 0 Å². The van der Waals surface area contributed by atoms with Crippen molar-refractivity contribution in [3.63, 3.8) is 0 Å². The molecule has 0 spiro atoms. The number of ether oxygens (including phenoxy) is 2. The summed E-state index contributed by atoms with van der Waals surface area (Å²) in [6.45, 7) is 1.94. The highest BCUT2D eigenvalue weighted by molar-refractivity contribution is 5.89. The van der Waals surface area contributed by atoms with E-state index in [1.165, 1.54) is 7.11 Å². The van der Waals surface area contributed by atoms with Gasteiger partial charge in [0, 0.05) is 12.5 Å². The van der Waals surface area contributed by atoms with Gasteiger partial charge in [0.15, 0.2) is 0 Å². The third-order valence-electron chi connectivity index (χ3n) is 3.15. The van der Waals surface area contributed by atoms with Gasteiger partial charge in [0.1, 0.15) is 5.75 Å². The number of nitrogens with one attached hydrogen (secondary N) is 1. The van der Waals surface area contributed by atoms with Crippen molar-refractivity contribution in [3.05, 3.63) is 29.3 Å². The molecule has 0 aromatic heterocycles. The van der Waals surface area contributed by atoms with E-state index in [2.05, 4.69) is 5.32 Å². The molecule has 4 nitrogen and oxygen atoms in total.